The van der Waals surface area contributed by atoms with Crippen LogP contribution < -0.4 is 10.1 Å². The summed E-state index contributed by atoms with van der Waals surface area (Å²) in [5.41, 5.74) is 2.21. The third-order valence-corrected chi connectivity index (χ3v) is 3.83. The molecule has 0 aromatic carbocycles. The largest absolute Gasteiger partial charge is 0.485 e. The number of nitrogens with one attached hydrogen (secondary N) is 1. The lowest BCUT2D eigenvalue weighted by atomic mass is 9.77. The van der Waals surface area contributed by atoms with Crippen molar-refractivity contribution in [3.8, 4) is 5.75 Å². The number of ether oxygens (including phenoxy) is 1. The number of nitrogens with zero attached hydrogens (tertiary/aromatic N) is 1. The number of rotatable bonds is 6. The Morgan fingerprint density at radius 1 is 1.39 bits per heavy atom. The molecule has 0 amide bonds. The molecule has 1 saturated carbocycles. The minimum Gasteiger partial charge on any atom is -0.485 e. The molecule has 1 heterocycles. The molecule has 1 aliphatic carbocycles. The highest BCUT2D eigenvalue weighted by atomic mass is 16.5. The molecule has 3 nitrogen and oxygen atoms in total. The second kappa shape index (κ2) is 5.70. The predicted octanol–water partition coefficient (Wildman–Crippen LogP) is 2.86. The van der Waals surface area contributed by atoms with Crippen molar-refractivity contribution < 1.29 is 4.74 Å². The van der Waals surface area contributed by atoms with Gasteiger partial charge in [-0.2, -0.15) is 0 Å². The molecular formula is C15H24N2O. The molecule has 18 heavy (non-hydrogen) atoms. The number of hydrogen-bond donors (Lipinski definition) is 1. The molecule has 1 aromatic heterocycles. The summed E-state index contributed by atoms with van der Waals surface area (Å²) in [5.74, 6) is 0.985. The Morgan fingerprint density at radius 2 is 2.17 bits per heavy atom. The van der Waals surface area contributed by atoms with Crippen molar-refractivity contribution >= 4 is 0 Å². The molecular weight excluding hydrogens is 224 g/mol. The van der Waals surface area contributed by atoms with Gasteiger partial charge in [-0.3, -0.25) is 4.98 Å². The number of aryl methyl sites for hydroxylation is 2. The van der Waals surface area contributed by atoms with Gasteiger partial charge in [0.05, 0.1) is 5.69 Å². The normalized spacial score (nSPS) is 17.3. The molecule has 1 aliphatic rings. The quantitative estimate of drug-likeness (QED) is 0.840. The van der Waals surface area contributed by atoms with E-state index in [9.17, 15) is 0 Å². The Balaban J connectivity index is 2.11. The van der Waals surface area contributed by atoms with Gasteiger partial charge >= 0.3 is 0 Å². The SMILES string of the molecule is CCc1nc(C)ccc1OC1(CCNC)CCC1. The average molecular weight is 248 g/mol. The van der Waals surface area contributed by atoms with Crippen LogP contribution in [-0.4, -0.2) is 24.2 Å². The fraction of sp³-hybridized carbons (Fsp3) is 0.667. The van der Waals surface area contributed by atoms with Crippen molar-refractivity contribution in [1.82, 2.24) is 10.3 Å². The van der Waals surface area contributed by atoms with Gasteiger partial charge in [-0.1, -0.05) is 6.92 Å². The van der Waals surface area contributed by atoms with E-state index in [1.165, 1.54) is 19.3 Å². The molecule has 0 unspecified atom stereocenters. The molecule has 0 radical (unpaired) electrons. The third-order valence-electron chi connectivity index (χ3n) is 3.83. The maximum Gasteiger partial charge on any atom is 0.141 e. The van der Waals surface area contributed by atoms with Gasteiger partial charge in [0.2, 0.25) is 0 Å². The van der Waals surface area contributed by atoms with Crippen molar-refractivity contribution in [3.63, 3.8) is 0 Å². The molecule has 2 rings (SSSR count). The summed E-state index contributed by atoms with van der Waals surface area (Å²) in [4.78, 5) is 4.57. The van der Waals surface area contributed by atoms with Gasteiger partial charge < -0.3 is 10.1 Å². The van der Waals surface area contributed by atoms with Crippen LogP contribution in [-0.2, 0) is 6.42 Å². The van der Waals surface area contributed by atoms with Crippen LogP contribution in [0.4, 0.5) is 0 Å². The maximum absolute atomic E-state index is 6.31. The second-order valence-electron chi connectivity index (χ2n) is 5.24. The van der Waals surface area contributed by atoms with E-state index < -0.39 is 0 Å². The van der Waals surface area contributed by atoms with Gasteiger partial charge in [-0.25, -0.2) is 0 Å². The van der Waals surface area contributed by atoms with Crippen LogP contribution >= 0.6 is 0 Å². The zero-order valence-electron chi connectivity index (χ0n) is 11.8. The molecule has 1 N–H and O–H groups in total. The van der Waals surface area contributed by atoms with E-state index >= 15 is 0 Å². The van der Waals surface area contributed by atoms with Crippen LogP contribution in [0.1, 0.15) is 44.0 Å². The van der Waals surface area contributed by atoms with E-state index in [2.05, 4.69) is 23.3 Å². The molecule has 100 valence electrons. The lowest BCUT2D eigenvalue weighted by Crippen LogP contribution is -2.45. The van der Waals surface area contributed by atoms with Crippen molar-refractivity contribution in [2.45, 2.75) is 51.6 Å². The number of hydrogen-bond acceptors (Lipinski definition) is 3. The van der Waals surface area contributed by atoms with Crippen LogP contribution in [0.5, 0.6) is 5.75 Å². The zero-order valence-corrected chi connectivity index (χ0v) is 11.8. The molecule has 0 atom stereocenters. The zero-order chi connectivity index (χ0) is 13.0. The Labute approximate surface area is 110 Å². The van der Waals surface area contributed by atoms with E-state index in [1.54, 1.807) is 0 Å². The highest BCUT2D eigenvalue weighted by molar-refractivity contribution is 5.30. The van der Waals surface area contributed by atoms with Crippen LogP contribution in [0.15, 0.2) is 12.1 Å². The summed E-state index contributed by atoms with van der Waals surface area (Å²) < 4.78 is 6.31. The van der Waals surface area contributed by atoms with E-state index in [1.807, 2.05) is 20.0 Å². The highest BCUT2D eigenvalue weighted by Crippen LogP contribution is 2.39. The van der Waals surface area contributed by atoms with Gasteiger partial charge in [0.1, 0.15) is 11.4 Å². The van der Waals surface area contributed by atoms with Crippen molar-refractivity contribution in [2.24, 2.45) is 0 Å². The summed E-state index contributed by atoms with van der Waals surface area (Å²) in [5, 5.41) is 3.22. The van der Waals surface area contributed by atoms with E-state index in [0.717, 1.165) is 36.5 Å². The van der Waals surface area contributed by atoms with Gasteiger partial charge in [-0.15, -0.1) is 0 Å². The summed E-state index contributed by atoms with van der Waals surface area (Å²) in [6, 6.07) is 4.12. The van der Waals surface area contributed by atoms with Crippen LogP contribution in [0, 0.1) is 6.92 Å². The fourth-order valence-corrected chi connectivity index (χ4v) is 2.50. The van der Waals surface area contributed by atoms with Gasteiger partial charge in [-0.05, 0) is 64.8 Å². The van der Waals surface area contributed by atoms with Gasteiger partial charge in [0, 0.05) is 5.69 Å². The summed E-state index contributed by atoms with van der Waals surface area (Å²) in [6.45, 7) is 5.18. The summed E-state index contributed by atoms with van der Waals surface area (Å²) >= 11 is 0. The summed E-state index contributed by atoms with van der Waals surface area (Å²) in [6.07, 6.45) is 5.64. The third kappa shape index (κ3) is 2.83. The van der Waals surface area contributed by atoms with Crippen LogP contribution in [0.25, 0.3) is 0 Å². The predicted molar refractivity (Wildman–Crippen MR) is 74.1 cm³/mol. The second-order valence-corrected chi connectivity index (χ2v) is 5.24. The van der Waals surface area contributed by atoms with E-state index in [0.29, 0.717) is 0 Å². The Kier molecular flexibility index (Phi) is 4.23. The monoisotopic (exact) mass is 248 g/mol. The fourth-order valence-electron chi connectivity index (χ4n) is 2.50. The molecule has 0 spiro atoms. The minimum absolute atomic E-state index is 0.0594. The van der Waals surface area contributed by atoms with Crippen LogP contribution in [0.2, 0.25) is 0 Å². The molecule has 0 saturated heterocycles. The molecule has 0 aliphatic heterocycles. The van der Waals surface area contributed by atoms with Gasteiger partial charge in [0.15, 0.2) is 0 Å². The first kappa shape index (κ1) is 13.3. The number of aromatic nitrogens is 1. The van der Waals surface area contributed by atoms with Crippen molar-refractivity contribution in [3.05, 3.63) is 23.5 Å². The van der Waals surface area contributed by atoms with E-state index in [4.69, 9.17) is 4.74 Å². The lowest BCUT2D eigenvalue weighted by Gasteiger charge is -2.42. The first-order valence-corrected chi connectivity index (χ1v) is 6.99. The van der Waals surface area contributed by atoms with Crippen molar-refractivity contribution in [1.29, 1.82) is 0 Å². The lowest BCUT2D eigenvalue weighted by molar-refractivity contribution is -0.0149. The number of pyridine rings is 1. The Morgan fingerprint density at radius 3 is 2.72 bits per heavy atom. The van der Waals surface area contributed by atoms with Gasteiger partial charge in [0.25, 0.3) is 0 Å². The topological polar surface area (TPSA) is 34.1 Å². The first-order valence-electron chi connectivity index (χ1n) is 6.99. The van der Waals surface area contributed by atoms with Crippen LogP contribution in [0.3, 0.4) is 0 Å². The molecule has 3 heteroatoms. The maximum atomic E-state index is 6.31. The Bertz CT molecular complexity index is 399. The first-order chi connectivity index (χ1) is 8.69. The Hall–Kier alpha value is -1.09. The summed E-state index contributed by atoms with van der Waals surface area (Å²) in [7, 11) is 2.00. The minimum atomic E-state index is 0.0594. The average Bonchev–Trinajstić information content (AvgIpc) is 2.34. The standard InChI is InChI=1S/C15H24N2O/c1-4-13-14(7-6-12(2)17-13)18-15(8-5-9-15)10-11-16-3/h6-7,16H,4-5,8-11H2,1-3H3. The van der Waals surface area contributed by atoms with E-state index in [-0.39, 0.29) is 5.60 Å². The highest BCUT2D eigenvalue weighted by Gasteiger charge is 2.39. The smallest absolute Gasteiger partial charge is 0.141 e. The van der Waals surface area contributed by atoms with Crippen molar-refractivity contribution in [2.75, 3.05) is 13.6 Å². The molecule has 1 fully saturated rings. The molecule has 1 aromatic rings. The molecule has 0 bridgehead atoms.